The van der Waals surface area contributed by atoms with Gasteiger partial charge in [-0.1, -0.05) is 13.8 Å². The third-order valence-corrected chi connectivity index (χ3v) is 3.04. The molecule has 6 nitrogen and oxygen atoms in total. The monoisotopic (exact) mass is 277 g/mol. The first-order chi connectivity index (χ1) is 9.65. The lowest BCUT2D eigenvalue weighted by atomic mass is 10.0. The summed E-state index contributed by atoms with van der Waals surface area (Å²) in [5.41, 5.74) is 1.07. The van der Waals surface area contributed by atoms with E-state index in [1.165, 1.54) is 0 Å². The molecule has 110 valence electrons. The standard InChI is InChI=1S/C14H23N5O/c1-11(2)12-13(16-3)17-10-18-14(12)19(7-5-6-15)8-9-20-4/h10-11H,5,7-9H2,1-4H3,(H,16,17,18). The van der Waals surface area contributed by atoms with Crippen molar-refractivity contribution in [2.45, 2.75) is 26.2 Å². The number of hydrogen-bond donors (Lipinski definition) is 1. The van der Waals surface area contributed by atoms with Crippen molar-refractivity contribution in [3.8, 4) is 6.07 Å². The van der Waals surface area contributed by atoms with Crippen molar-refractivity contribution in [2.75, 3.05) is 44.1 Å². The van der Waals surface area contributed by atoms with Gasteiger partial charge in [-0.2, -0.15) is 5.26 Å². The molecule has 0 aliphatic heterocycles. The highest BCUT2D eigenvalue weighted by molar-refractivity contribution is 5.60. The van der Waals surface area contributed by atoms with Gasteiger partial charge in [-0.05, 0) is 5.92 Å². The number of anilines is 2. The highest BCUT2D eigenvalue weighted by Crippen LogP contribution is 2.30. The van der Waals surface area contributed by atoms with E-state index in [1.54, 1.807) is 13.4 Å². The number of rotatable bonds is 8. The number of nitriles is 1. The van der Waals surface area contributed by atoms with Crippen molar-refractivity contribution < 1.29 is 4.74 Å². The van der Waals surface area contributed by atoms with E-state index in [-0.39, 0.29) is 0 Å². The normalized spacial score (nSPS) is 10.4. The van der Waals surface area contributed by atoms with Crippen molar-refractivity contribution in [3.05, 3.63) is 11.9 Å². The van der Waals surface area contributed by atoms with E-state index in [0.29, 0.717) is 32.0 Å². The molecule has 0 saturated carbocycles. The first-order valence-electron chi connectivity index (χ1n) is 6.79. The molecule has 0 aliphatic rings. The lowest BCUT2D eigenvalue weighted by molar-refractivity contribution is 0.205. The Hall–Kier alpha value is -1.87. The molecule has 0 radical (unpaired) electrons. The topological polar surface area (TPSA) is 74.1 Å². The van der Waals surface area contributed by atoms with Gasteiger partial charge in [0.15, 0.2) is 0 Å². The van der Waals surface area contributed by atoms with E-state index in [1.807, 2.05) is 7.05 Å². The molecule has 1 aromatic rings. The van der Waals surface area contributed by atoms with Crippen LogP contribution in [0.3, 0.4) is 0 Å². The number of aromatic nitrogens is 2. The molecule has 6 heteroatoms. The average Bonchev–Trinajstić information content (AvgIpc) is 2.46. The van der Waals surface area contributed by atoms with Crippen LogP contribution in [0.1, 0.15) is 31.7 Å². The largest absolute Gasteiger partial charge is 0.383 e. The Bertz CT molecular complexity index is 455. The predicted molar refractivity (Wildman–Crippen MR) is 80.0 cm³/mol. The minimum Gasteiger partial charge on any atom is -0.383 e. The fourth-order valence-electron chi connectivity index (χ4n) is 2.08. The molecule has 1 N–H and O–H groups in total. The maximum absolute atomic E-state index is 8.81. The van der Waals surface area contributed by atoms with Gasteiger partial charge in [0, 0.05) is 32.8 Å². The summed E-state index contributed by atoms with van der Waals surface area (Å²) >= 11 is 0. The maximum Gasteiger partial charge on any atom is 0.137 e. The first kappa shape index (κ1) is 16.2. The van der Waals surface area contributed by atoms with Crippen LogP contribution in [0, 0.1) is 11.3 Å². The molecule has 0 spiro atoms. The summed E-state index contributed by atoms with van der Waals surface area (Å²) in [5, 5.41) is 11.9. The highest BCUT2D eigenvalue weighted by atomic mass is 16.5. The van der Waals surface area contributed by atoms with E-state index >= 15 is 0 Å². The van der Waals surface area contributed by atoms with Crippen molar-refractivity contribution in [3.63, 3.8) is 0 Å². The molecule has 1 rings (SSSR count). The number of ether oxygens (including phenoxy) is 1. The Kier molecular flexibility index (Phi) is 6.74. The molecule has 0 fully saturated rings. The van der Waals surface area contributed by atoms with Crippen LogP contribution >= 0.6 is 0 Å². The molecule has 0 saturated heterocycles. The third-order valence-electron chi connectivity index (χ3n) is 3.04. The second-order valence-corrected chi connectivity index (χ2v) is 4.75. The lowest BCUT2D eigenvalue weighted by Gasteiger charge is -2.26. The van der Waals surface area contributed by atoms with Gasteiger partial charge in [0.05, 0.1) is 19.1 Å². The zero-order valence-electron chi connectivity index (χ0n) is 12.7. The predicted octanol–water partition coefficient (Wildman–Crippen LogP) is 2.01. The van der Waals surface area contributed by atoms with E-state index in [9.17, 15) is 0 Å². The van der Waals surface area contributed by atoms with E-state index in [4.69, 9.17) is 10.00 Å². The Morgan fingerprint density at radius 3 is 2.70 bits per heavy atom. The number of nitrogens with one attached hydrogen (secondary N) is 1. The van der Waals surface area contributed by atoms with Crippen LogP contribution in [0.15, 0.2) is 6.33 Å². The molecule has 0 unspecified atom stereocenters. The van der Waals surface area contributed by atoms with E-state index in [0.717, 1.165) is 17.2 Å². The minimum absolute atomic E-state index is 0.292. The third kappa shape index (κ3) is 4.07. The smallest absolute Gasteiger partial charge is 0.137 e. The quantitative estimate of drug-likeness (QED) is 0.783. The summed E-state index contributed by atoms with van der Waals surface area (Å²) in [6, 6.07) is 2.18. The van der Waals surface area contributed by atoms with Crippen molar-refractivity contribution in [2.24, 2.45) is 0 Å². The van der Waals surface area contributed by atoms with Crippen molar-refractivity contribution in [1.82, 2.24) is 9.97 Å². The highest BCUT2D eigenvalue weighted by Gasteiger charge is 2.19. The summed E-state index contributed by atoms with van der Waals surface area (Å²) in [4.78, 5) is 10.8. The number of nitrogens with zero attached hydrogens (tertiary/aromatic N) is 4. The Morgan fingerprint density at radius 2 is 2.15 bits per heavy atom. The molecule has 1 aromatic heterocycles. The van der Waals surface area contributed by atoms with Gasteiger partial charge in [0.25, 0.3) is 0 Å². The van der Waals surface area contributed by atoms with Gasteiger partial charge in [-0.3, -0.25) is 0 Å². The van der Waals surface area contributed by atoms with Gasteiger partial charge in [0.1, 0.15) is 18.0 Å². The van der Waals surface area contributed by atoms with Crippen LogP contribution < -0.4 is 10.2 Å². The summed E-state index contributed by atoms with van der Waals surface area (Å²) in [7, 11) is 3.53. The summed E-state index contributed by atoms with van der Waals surface area (Å²) in [5.74, 6) is 2.01. The van der Waals surface area contributed by atoms with Gasteiger partial charge >= 0.3 is 0 Å². The molecule has 0 bridgehead atoms. The average molecular weight is 277 g/mol. The fraction of sp³-hybridized carbons (Fsp3) is 0.643. The van der Waals surface area contributed by atoms with Crippen LogP contribution in [0.2, 0.25) is 0 Å². The zero-order chi connectivity index (χ0) is 15.0. The molecule has 0 amide bonds. The number of methoxy groups -OCH3 is 1. The fourth-order valence-corrected chi connectivity index (χ4v) is 2.08. The molecule has 1 heterocycles. The van der Waals surface area contributed by atoms with E-state index in [2.05, 4.69) is 40.1 Å². The molecule has 0 atom stereocenters. The van der Waals surface area contributed by atoms with Gasteiger partial charge in [-0.25, -0.2) is 9.97 Å². The van der Waals surface area contributed by atoms with Crippen molar-refractivity contribution >= 4 is 11.6 Å². The SMILES string of the molecule is CNc1ncnc(N(CCC#N)CCOC)c1C(C)C. The van der Waals surface area contributed by atoms with Crippen LogP contribution in [0.5, 0.6) is 0 Å². The van der Waals surface area contributed by atoms with Gasteiger partial charge in [-0.15, -0.1) is 0 Å². The van der Waals surface area contributed by atoms with Crippen LogP contribution in [0.25, 0.3) is 0 Å². The summed E-state index contributed by atoms with van der Waals surface area (Å²) in [6.07, 6.45) is 2.01. The minimum atomic E-state index is 0.292. The van der Waals surface area contributed by atoms with Gasteiger partial charge in [0.2, 0.25) is 0 Å². The molecule has 20 heavy (non-hydrogen) atoms. The van der Waals surface area contributed by atoms with E-state index < -0.39 is 0 Å². The van der Waals surface area contributed by atoms with Crippen molar-refractivity contribution in [1.29, 1.82) is 5.26 Å². The molecular weight excluding hydrogens is 254 g/mol. The zero-order valence-corrected chi connectivity index (χ0v) is 12.7. The van der Waals surface area contributed by atoms with Gasteiger partial charge < -0.3 is 15.0 Å². The first-order valence-corrected chi connectivity index (χ1v) is 6.79. The van der Waals surface area contributed by atoms with Crippen LogP contribution in [0.4, 0.5) is 11.6 Å². The molecule has 0 aliphatic carbocycles. The van der Waals surface area contributed by atoms with Crippen LogP contribution in [-0.2, 0) is 4.74 Å². The Morgan fingerprint density at radius 1 is 1.40 bits per heavy atom. The second kappa shape index (κ2) is 8.33. The molecular formula is C14H23N5O. The maximum atomic E-state index is 8.81. The van der Waals surface area contributed by atoms with Crippen LogP contribution in [-0.4, -0.2) is 43.8 Å². The molecule has 0 aromatic carbocycles. The summed E-state index contributed by atoms with van der Waals surface area (Å²) < 4.78 is 5.15. The summed E-state index contributed by atoms with van der Waals surface area (Å²) in [6.45, 7) is 6.17. The second-order valence-electron chi connectivity index (χ2n) is 4.75. The Balaban J connectivity index is 3.13. The Labute approximate surface area is 120 Å². The lowest BCUT2D eigenvalue weighted by Crippen LogP contribution is -2.30. The number of hydrogen-bond acceptors (Lipinski definition) is 6.